The Bertz CT molecular complexity index is 664. The zero-order valence-corrected chi connectivity index (χ0v) is 12.5. The van der Waals surface area contributed by atoms with Crippen LogP contribution in [-0.4, -0.2) is 58.0 Å². The maximum absolute atomic E-state index is 12.2. The molecule has 1 N–H and O–H groups in total. The van der Waals surface area contributed by atoms with Gasteiger partial charge >= 0.3 is 5.97 Å². The average Bonchev–Trinajstić information content (AvgIpc) is 3.09. The summed E-state index contributed by atoms with van der Waals surface area (Å²) in [6.45, 7) is 2.52. The van der Waals surface area contributed by atoms with Crippen LogP contribution in [0.1, 0.15) is 20.2 Å². The van der Waals surface area contributed by atoms with E-state index in [0.717, 1.165) is 4.88 Å². The molecule has 1 aliphatic rings. The number of amides is 1. The minimum Gasteiger partial charge on any atom is -0.476 e. The molecule has 2 aromatic heterocycles. The molecule has 114 valence electrons. The first-order valence-electron chi connectivity index (χ1n) is 6.78. The van der Waals surface area contributed by atoms with Crippen LogP contribution in [0.2, 0.25) is 0 Å². The molecule has 3 heterocycles. The van der Waals surface area contributed by atoms with Crippen LogP contribution in [0.15, 0.2) is 29.9 Å². The molecule has 3 rings (SSSR count). The van der Waals surface area contributed by atoms with E-state index in [-0.39, 0.29) is 11.6 Å². The number of aromatic nitrogens is 2. The van der Waals surface area contributed by atoms with Gasteiger partial charge in [-0.25, -0.2) is 14.8 Å². The lowest BCUT2D eigenvalue weighted by Gasteiger charge is -2.35. The van der Waals surface area contributed by atoms with Gasteiger partial charge in [-0.2, -0.15) is 0 Å². The molecule has 8 heteroatoms. The number of carboxylic acids is 1. The van der Waals surface area contributed by atoms with Crippen molar-refractivity contribution in [3.05, 3.63) is 40.5 Å². The molecule has 0 spiro atoms. The summed E-state index contributed by atoms with van der Waals surface area (Å²) in [5.74, 6) is -0.402. The number of hydrogen-bond acceptors (Lipinski definition) is 6. The van der Waals surface area contributed by atoms with E-state index in [1.54, 1.807) is 0 Å². The van der Waals surface area contributed by atoms with Crippen LogP contribution in [0.4, 0.5) is 5.82 Å². The predicted octanol–water partition coefficient (Wildman–Crippen LogP) is 1.20. The Balaban J connectivity index is 1.62. The molecule has 0 saturated carbocycles. The molecule has 0 aromatic carbocycles. The van der Waals surface area contributed by atoms with Crippen molar-refractivity contribution in [2.45, 2.75) is 0 Å². The number of anilines is 1. The van der Waals surface area contributed by atoms with Crippen molar-refractivity contribution in [2.24, 2.45) is 0 Å². The molecule has 0 bridgehead atoms. The van der Waals surface area contributed by atoms with Gasteiger partial charge in [0.1, 0.15) is 5.82 Å². The summed E-state index contributed by atoms with van der Waals surface area (Å²) in [5.41, 5.74) is -0.0738. The molecule has 0 unspecified atom stereocenters. The first-order chi connectivity index (χ1) is 10.6. The second-order valence-electron chi connectivity index (χ2n) is 4.82. The molecule has 0 atom stereocenters. The lowest BCUT2D eigenvalue weighted by molar-refractivity contribution is 0.0688. The Morgan fingerprint density at radius 2 is 1.91 bits per heavy atom. The lowest BCUT2D eigenvalue weighted by Crippen LogP contribution is -2.48. The van der Waals surface area contributed by atoms with Crippen molar-refractivity contribution < 1.29 is 14.7 Å². The third-order valence-corrected chi connectivity index (χ3v) is 4.34. The van der Waals surface area contributed by atoms with Crippen molar-refractivity contribution >= 4 is 29.0 Å². The van der Waals surface area contributed by atoms with Crippen LogP contribution < -0.4 is 4.90 Å². The smallest absolute Gasteiger partial charge is 0.356 e. The molecule has 7 nitrogen and oxygen atoms in total. The van der Waals surface area contributed by atoms with Crippen molar-refractivity contribution in [2.75, 3.05) is 31.1 Å². The third-order valence-electron chi connectivity index (χ3n) is 3.48. The van der Waals surface area contributed by atoms with Crippen LogP contribution in [0.25, 0.3) is 0 Å². The molecule has 2 aromatic rings. The second-order valence-corrected chi connectivity index (χ2v) is 5.77. The number of carboxylic acid groups (broad SMARTS) is 1. The first-order valence-corrected chi connectivity index (χ1v) is 7.66. The van der Waals surface area contributed by atoms with Crippen LogP contribution in [0.5, 0.6) is 0 Å². The molecule has 1 fully saturated rings. The van der Waals surface area contributed by atoms with Crippen molar-refractivity contribution in [3.8, 4) is 0 Å². The SMILES string of the molecule is O=C(O)c1cnc(N2CCN(C(=O)c3cccs3)CC2)cn1. The topological polar surface area (TPSA) is 86.6 Å². The predicted molar refractivity (Wildman–Crippen MR) is 81.4 cm³/mol. The van der Waals surface area contributed by atoms with Gasteiger partial charge in [0.2, 0.25) is 0 Å². The Morgan fingerprint density at radius 1 is 1.14 bits per heavy atom. The maximum Gasteiger partial charge on any atom is 0.356 e. The fourth-order valence-electron chi connectivity index (χ4n) is 2.29. The molecule has 1 saturated heterocycles. The molecule has 1 aliphatic heterocycles. The molecular formula is C14H14N4O3S. The number of thiophene rings is 1. The van der Waals surface area contributed by atoms with E-state index in [2.05, 4.69) is 9.97 Å². The zero-order chi connectivity index (χ0) is 15.5. The third kappa shape index (κ3) is 2.91. The molecular weight excluding hydrogens is 304 g/mol. The standard InChI is InChI=1S/C14H14N4O3S/c19-13(11-2-1-7-22-11)18-5-3-17(4-6-18)12-9-15-10(8-16-12)14(20)21/h1-2,7-9H,3-6H2,(H,20,21). The highest BCUT2D eigenvalue weighted by Crippen LogP contribution is 2.16. The van der Waals surface area contributed by atoms with E-state index in [4.69, 9.17) is 5.11 Å². The Morgan fingerprint density at radius 3 is 2.45 bits per heavy atom. The number of piperazine rings is 1. The Labute approximate surface area is 130 Å². The number of carbonyl (C=O) groups is 2. The largest absolute Gasteiger partial charge is 0.476 e. The fourth-order valence-corrected chi connectivity index (χ4v) is 2.98. The van der Waals surface area contributed by atoms with Crippen molar-refractivity contribution in [1.29, 1.82) is 0 Å². The number of nitrogens with zero attached hydrogens (tertiary/aromatic N) is 4. The quantitative estimate of drug-likeness (QED) is 0.915. The van der Waals surface area contributed by atoms with Gasteiger partial charge in [-0.15, -0.1) is 11.3 Å². The van der Waals surface area contributed by atoms with E-state index in [1.807, 2.05) is 27.3 Å². The molecule has 1 amide bonds. The highest BCUT2D eigenvalue weighted by Gasteiger charge is 2.23. The van der Waals surface area contributed by atoms with E-state index < -0.39 is 5.97 Å². The molecule has 22 heavy (non-hydrogen) atoms. The summed E-state index contributed by atoms with van der Waals surface area (Å²) in [6, 6.07) is 3.70. The van der Waals surface area contributed by atoms with Gasteiger partial charge in [-0.1, -0.05) is 6.07 Å². The van der Waals surface area contributed by atoms with E-state index in [9.17, 15) is 9.59 Å². The number of carbonyl (C=O) groups excluding carboxylic acids is 1. The lowest BCUT2D eigenvalue weighted by atomic mass is 10.3. The maximum atomic E-state index is 12.2. The summed E-state index contributed by atoms with van der Waals surface area (Å²) in [7, 11) is 0. The monoisotopic (exact) mass is 318 g/mol. The van der Waals surface area contributed by atoms with Crippen LogP contribution in [0, 0.1) is 0 Å². The van der Waals surface area contributed by atoms with Crippen molar-refractivity contribution in [3.63, 3.8) is 0 Å². The normalized spacial score (nSPS) is 14.9. The van der Waals surface area contributed by atoms with Gasteiger partial charge in [-0.05, 0) is 11.4 Å². The minimum absolute atomic E-state index is 0.0574. The van der Waals surface area contributed by atoms with Gasteiger partial charge in [0, 0.05) is 26.2 Å². The second kappa shape index (κ2) is 6.10. The average molecular weight is 318 g/mol. The van der Waals surface area contributed by atoms with Crippen molar-refractivity contribution in [1.82, 2.24) is 14.9 Å². The van der Waals surface area contributed by atoms with E-state index >= 15 is 0 Å². The van der Waals surface area contributed by atoms with Crippen LogP contribution in [-0.2, 0) is 0 Å². The highest BCUT2D eigenvalue weighted by molar-refractivity contribution is 7.12. The van der Waals surface area contributed by atoms with E-state index in [1.165, 1.54) is 23.7 Å². The summed E-state index contributed by atoms with van der Waals surface area (Å²) < 4.78 is 0. The number of aromatic carboxylic acids is 1. The molecule has 0 aliphatic carbocycles. The van der Waals surface area contributed by atoms with Crippen LogP contribution in [0.3, 0.4) is 0 Å². The first kappa shape index (κ1) is 14.5. The van der Waals surface area contributed by atoms with Gasteiger partial charge in [0.25, 0.3) is 5.91 Å². The van der Waals surface area contributed by atoms with Crippen LogP contribution >= 0.6 is 11.3 Å². The number of hydrogen-bond donors (Lipinski definition) is 1. The fraction of sp³-hybridized carbons (Fsp3) is 0.286. The zero-order valence-electron chi connectivity index (χ0n) is 11.7. The van der Waals surface area contributed by atoms with Gasteiger partial charge < -0.3 is 14.9 Å². The Kier molecular flexibility index (Phi) is 4.01. The highest BCUT2D eigenvalue weighted by atomic mass is 32.1. The van der Waals surface area contributed by atoms with Gasteiger partial charge in [0.15, 0.2) is 5.69 Å². The minimum atomic E-state index is -1.09. The Hall–Kier alpha value is -2.48. The molecule has 0 radical (unpaired) electrons. The summed E-state index contributed by atoms with van der Waals surface area (Å²) in [5, 5.41) is 10.7. The van der Waals surface area contributed by atoms with E-state index in [0.29, 0.717) is 32.0 Å². The summed E-state index contributed by atoms with van der Waals surface area (Å²) in [6.07, 6.45) is 2.71. The number of rotatable bonds is 3. The summed E-state index contributed by atoms with van der Waals surface area (Å²) in [4.78, 5) is 35.6. The van der Waals surface area contributed by atoms with Gasteiger partial charge in [0.05, 0.1) is 17.3 Å². The van der Waals surface area contributed by atoms with Gasteiger partial charge in [-0.3, -0.25) is 4.79 Å². The summed E-state index contributed by atoms with van der Waals surface area (Å²) >= 11 is 1.44.